The van der Waals surface area contributed by atoms with Crippen molar-refractivity contribution in [2.24, 2.45) is 5.92 Å². The third-order valence-corrected chi connectivity index (χ3v) is 5.43. The summed E-state index contributed by atoms with van der Waals surface area (Å²) in [6.45, 7) is 0.890. The van der Waals surface area contributed by atoms with Crippen molar-refractivity contribution in [1.29, 1.82) is 0 Å². The van der Waals surface area contributed by atoms with Crippen LogP contribution in [0.2, 0.25) is 0 Å². The van der Waals surface area contributed by atoms with E-state index in [9.17, 15) is 27.2 Å². The number of nitrogens with zero attached hydrogens (tertiary/aromatic N) is 3. The lowest BCUT2D eigenvalue weighted by atomic mass is 9.97. The quantitative estimate of drug-likeness (QED) is 0.592. The van der Waals surface area contributed by atoms with Gasteiger partial charge in [0.15, 0.2) is 0 Å². The maximum atomic E-state index is 13.2. The van der Waals surface area contributed by atoms with Crippen molar-refractivity contribution in [1.82, 2.24) is 9.78 Å². The Balaban J connectivity index is 1.50. The number of carbonyl (C=O) groups excluding carboxylic acids is 1. The fourth-order valence-corrected chi connectivity index (χ4v) is 3.75. The predicted octanol–water partition coefficient (Wildman–Crippen LogP) is 4.25. The van der Waals surface area contributed by atoms with Gasteiger partial charge in [0.1, 0.15) is 11.6 Å². The van der Waals surface area contributed by atoms with Crippen LogP contribution in [0.25, 0.3) is 5.69 Å². The average Bonchev–Trinajstić information content (AvgIpc) is 2.80. The maximum absolute atomic E-state index is 13.2. The normalized spacial score (nSPS) is 16.5. The first-order valence-electron chi connectivity index (χ1n) is 10.3. The third-order valence-electron chi connectivity index (χ3n) is 5.43. The molecule has 1 aliphatic rings. The van der Waals surface area contributed by atoms with Gasteiger partial charge < -0.3 is 10.2 Å². The molecule has 0 spiro atoms. The third kappa shape index (κ3) is 5.21. The Morgan fingerprint density at radius 3 is 2.55 bits per heavy atom. The highest BCUT2D eigenvalue weighted by Gasteiger charge is 2.31. The van der Waals surface area contributed by atoms with E-state index in [2.05, 4.69) is 10.4 Å². The van der Waals surface area contributed by atoms with Gasteiger partial charge >= 0.3 is 6.18 Å². The molecule has 1 saturated heterocycles. The van der Waals surface area contributed by atoms with Gasteiger partial charge in [-0.15, -0.1) is 5.10 Å². The Morgan fingerprint density at radius 1 is 1.06 bits per heavy atom. The zero-order valence-electron chi connectivity index (χ0n) is 17.3. The van der Waals surface area contributed by atoms with Gasteiger partial charge in [-0.25, -0.2) is 4.39 Å². The number of alkyl halides is 3. The van der Waals surface area contributed by atoms with Crippen LogP contribution in [0.15, 0.2) is 65.5 Å². The zero-order valence-corrected chi connectivity index (χ0v) is 17.3. The van der Waals surface area contributed by atoms with E-state index in [1.54, 1.807) is 6.07 Å². The number of aromatic nitrogens is 2. The van der Waals surface area contributed by atoms with E-state index >= 15 is 0 Å². The number of amides is 1. The molecule has 0 aliphatic carbocycles. The molecule has 0 saturated carbocycles. The SMILES string of the molecule is O=C(Nc1cccc(C(F)(F)F)c1)C1CCCN(c2ccc(=O)n(-c3ccc(F)cc3)n2)C1. The van der Waals surface area contributed by atoms with Crippen molar-refractivity contribution in [2.45, 2.75) is 19.0 Å². The average molecular weight is 460 g/mol. The summed E-state index contributed by atoms with van der Waals surface area (Å²) in [5, 5.41) is 6.93. The Morgan fingerprint density at radius 2 is 1.82 bits per heavy atom. The number of nitrogens with one attached hydrogen (secondary N) is 1. The zero-order chi connectivity index (χ0) is 23.6. The van der Waals surface area contributed by atoms with Crippen LogP contribution in [0.4, 0.5) is 29.1 Å². The summed E-state index contributed by atoms with van der Waals surface area (Å²) in [7, 11) is 0. The van der Waals surface area contributed by atoms with Crippen molar-refractivity contribution in [2.75, 3.05) is 23.3 Å². The number of anilines is 2. The number of rotatable bonds is 4. The topological polar surface area (TPSA) is 67.2 Å². The van der Waals surface area contributed by atoms with Crippen molar-refractivity contribution < 1.29 is 22.4 Å². The monoisotopic (exact) mass is 460 g/mol. The summed E-state index contributed by atoms with van der Waals surface area (Å²) < 4.78 is 53.2. The molecule has 1 N–H and O–H groups in total. The molecule has 2 aromatic carbocycles. The second-order valence-electron chi connectivity index (χ2n) is 7.77. The van der Waals surface area contributed by atoms with Gasteiger partial charge in [-0.05, 0) is 61.4 Å². The standard InChI is InChI=1S/C23H20F4N4O2/c24-17-6-8-19(9-7-17)31-21(32)11-10-20(29-31)30-12-2-3-15(14-30)22(33)28-18-5-1-4-16(13-18)23(25,26)27/h1,4-11,13,15H,2-3,12,14H2,(H,28,33). The second kappa shape index (κ2) is 9.05. The van der Waals surface area contributed by atoms with Gasteiger partial charge in [0.25, 0.3) is 5.56 Å². The van der Waals surface area contributed by atoms with Crippen LogP contribution in [0.3, 0.4) is 0 Å². The molecule has 4 rings (SSSR count). The summed E-state index contributed by atoms with van der Waals surface area (Å²) in [6.07, 6.45) is -3.27. The van der Waals surface area contributed by atoms with E-state index in [1.165, 1.54) is 42.5 Å². The lowest BCUT2D eigenvalue weighted by molar-refractivity contribution is -0.137. The molecular formula is C23H20F4N4O2. The molecule has 1 amide bonds. The van der Waals surface area contributed by atoms with Crippen LogP contribution in [-0.2, 0) is 11.0 Å². The first kappa shape index (κ1) is 22.5. The smallest absolute Gasteiger partial charge is 0.354 e. The molecule has 0 radical (unpaired) electrons. The molecule has 10 heteroatoms. The molecular weight excluding hydrogens is 440 g/mol. The lowest BCUT2D eigenvalue weighted by Crippen LogP contribution is -2.41. The van der Waals surface area contributed by atoms with Crippen LogP contribution in [0.5, 0.6) is 0 Å². The molecule has 1 unspecified atom stereocenters. The molecule has 0 bridgehead atoms. The number of hydrogen-bond acceptors (Lipinski definition) is 4. The largest absolute Gasteiger partial charge is 0.416 e. The van der Waals surface area contributed by atoms with Crippen LogP contribution in [-0.4, -0.2) is 28.8 Å². The predicted molar refractivity (Wildman–Crippen MR) is 115 cm³/mol. The van der Waals surface area contributed by atoms with Crippen LogP contribution in [0.1, 0.15) is 18.4 Å². The maximum Gasteiger partial charge on any atom is 0.416 e. The molecule has 1 fully saturated rings. The van der Waals surface area contributed by atoms with Crippen LogP contribution < -0.4 is 15.8 Å². The number of halogens is 4. The molecule has 6 nitrogen and oxygen atoms in total. The van der Waals surface area contributed by atoms with Gasteiger partial charge in [0.05, 0.1) is 17.2 Å². The fraction of sp³-hybridized carbons (Fsp3) is 0.261. The molecule has 33 heavy (non-hydrogen) atoms. The molecule has 3 aromatic rings. The van der Waals surface area contributed by atoms with Crippen LogP contribution in [0, 0.1) is 11.7 Å². The Bertz CT molecular complexity index is 1210. The molecule has 172 valence electrons. The number of carbonyl (C=O) groups is 1. The van der Waals surface area contributed by atoms with Gasteiger partial charge in [0, 0.05) is 24.8 Å². The minimum absolute atomic E-state index is 0.0786. The number of piperidine rings is 1. The summed E-state index contributed by atoms with van der Waals surface area (Å²) in [6, 6.07) is 12.7. The van der Waals surface area contributed by atoms with Gasteiger partial charge in [-0.1, -0.05) is 6.07 Å². The Hall–Kier alpha value is -3.69. The van der Waals surface area contributed by atoms with Crippen molar-refractivity contribution in [3.8, 4) is 5.69 Å². The Labute approximate surface area is 186 Å². The highest BCUT2D eigenvalue weighted by molar-refractivity contribution is 5.93. The highest BCUT2D eigenvalue weighted by Crippen LogP contribution is 2.31. The lowest BCUT2D eigenvalue weighted by Gasteiger charge is -2.33. The van der Waals surface area contributed by atoms with E-state index in [0.717, 1.165) is 16.8 Å². The fourth-order valence-electron chi connectivity index (χ4n) is 3.75. The van der Waals surface area contributed by atoms with Crippen molar-refractivity contribution in [3.63, 3.8) is 0 Å². The first-order chi connectivity index (χ1) is 15.7. The van der Waals surface area contributed by atoms with Crippen molar-refractivity contribution in [3.05, 3.63) is 82.4 Å². The highest BCUT2D eigenvalue weighted by atomic mass is 19.4. The van der Waals surface area contributed by atoms with E-state index in [4.69, 9.17) is 0 Å². The van der Waals surface area contributed by atoms with E-state index in [-0.39, 0.29) is 17.2 Å². The second-order valence-corrected chi connectivity index (χ2v) is 7.77. The number of hydrogen-bond donors (Lipinski definition) is 1. The number of benzene rings is 2. The molecule has 1 aliphatic heterocycles. The van der Waals surface area contributed by atoms with E-state index in [1.807, 2.05) is 4.90 Å². The van der Waals surface area contributed by atoms with E-state index < -0.39 is 23.5 Å². The van der Waals surface area contributed by atoms with Gasteiger partial charge in [0.2, 0.25) is 5.91 Å². The minimum Gasteiger partial charge on any atom is -0.354 e. The molecule has 2 heterocycles. The van der Waals surface area contributed by atoms with Crippen LogP contribution >= 0.6 is 0 Å². The minimum atomic E-state index is -4.50. The first-order valence-corrected chi connectivity index (χ1v) is 10.3. The summed E-state index contributed by atoms with van der Waals surface area (Å²) in [5.41, 5.74) is -0.743. The summed E-state index contributed by atoms with van der Waals surface area (Å²) in [5.74, 6) is -0.823. The summed E-state index contributed by atoms with van der Waals surface area (Å²) >= 11 is 0. The van der Waals surface area contributed by atoms with E-state index in [0.29, 0.717) is 37.4 Å². The molecule has 1 atom stereocenters. The molecule has 1 aromatic heterocycles. The van der Waals surface area contributed by atoms with Gasteiger partial charge in [-0.2, -0.15) is 17.9 Å². The summed E-state index contributed by atoms with van der Waals surface area (Å²) in [4.78, 5) is 26.9. The van der Waals surface area contributed by atoms with Crippen molar-refractivity contribution >= 4 is 17.4 Å². The van der Waals surface area contributed by atoms with Gasteiger partial charge in [-0.3, -0.25) is 9.59 Å². The Kier molecular flexibility index (Phi) is 6.17.